The summed E-state index contributed by atoms with van der Waals surface area (Å²) in [5, 5.41) is 0. The molecule has 3 nitrogen and oxygen atoms in total. The molecular weight excluding hydrogens is 871 g/mol. The third-order valence-corrected chi connectivity index (χ3v) is 12.1. The van der Waals surface area contributed by atoms with Crippen molar-refractivity contribution in [3.63, 3.8) is 0 Å². The van der Waals surface area contributed by atoms with Crippen LogP contribution in [0.1, 0.15) is 86.8 Å². The quantitative estimate of drug-likeness (QED) is 0.0907. The van der Waals surface area contributed by atoms with Gasteiger partial charge in [0.1, 0.15) is 0 Å². The van der Waals surface area contributed by atoms with Crippen molar-refractivity contribution in [2.75, 3.05) is 0 Å². The zero-order valence-corrected chi connectivity index (χ0v) is 36.1. The number of hydrogen-bond acceptors (Lipinski definition) is 3. The molecule has 57 heavy (non-hydrogen) atoms. The minimum Gasteiger partial charge on any atom is -0.304 e. The van der Waals surface area contributed by atoms with E-state index in [4.69, 9.17) is 15.0 Å². The summed E-state index contributed by atoms with van der Waals surface area (Å²) < 4.78 is 0. The van der Waals surface area contributed by atoms with Crippen LogP contribution in [0.5, 0.6) is 0 Å². The SMILES string of the molecule is CCC(CC)(Cc1cc(CCc2ccc(-c3[c-]cccc3)nc2)cc(CC(CC)(CC)c2ccc(-c3[c-]cccc3)nc2)c1)c1ccc(-c2[c-]cccc2)nc1.[Ir+3]. The number of aromatic nitrogens is 3. The molecular formula is C53H52IrN3. The minimum atomic E-state index is -0.0309. The Balaban J connectivity index is 0.00000549. The number of hydrogen-bond donors (Lipinski definition) is 0. The molecule has 0 atom stereocenters. The summed E-state index contributed by atoms with van der Waals surface area (Å²) in [6.07, 6.45) is 14.2. The molecule has 0 saturated carbocycles. The van der Waals surface area contributed by atoms with Gasteiger partial charge in [0.15, 0.2) is 0 Å². The smallest absolute Gasteiger partial charge is 0.304 e. The Hall–Kier alpha value is -5.02. The molecule has 0 saturated heterocycles. The molecule has 0 spiro atoms. The molecule has 0 amide bonds. The van der Waals surface area contributed by atoms with E-state index in [0.717, 1.165) is 85.1 Å². The van der Waals surface area contributed by atoms with Crippen LogP contribution in [-0.2, 0) is 56.6 Å². The molecule has 288 valence electrons. The zero-order valence-electron chi connectivity index (χ0n) is 33.7. The van der Waals surface area contributed by atoms with Crippen LogP contribution in [0.4, 0.5) is 0 Å². The summed E-state index contributed by atoms with van der Waals surface area (Å²) in [5.41, 5.74) is 13.9. The Morgan fingerprint density at radius 3 is 1.14 bits per heavy atom. The van der Waals surface area contributed by atoms with Crippen LogP contribution < -0.4 is 0 Å². The Labute approximate surface area is 354 Å². The second-order valence-electron chi connectivity index (χ2n) is 15.2. The predicted octanol–water partition coefficient (Wildman–Crippen LogP) is 12.7. The van der Waals surface area contributed by atoms with Gasteiger partial charge in [-0.05, 0) is 102 Å². The first-order chi connectivity index (χ1) is 27.5. The molecule has 7 aromatic rings. The molecule has 4 heteroatoms. The first-order valence-corrected chi connectivity index (χ1v) is 20.4. The normalized spacial score (nSPS) is 11.6. The van der Waals surface area contributed by atoms with Gasteiger partial charge >= 0.3 is 20.1 Å². The molecule has 0 aliphatic heterocycles. The van der Waals surface area contributed by atoms with E-state index >= 15 is 0 Å². The summed E-state index contributed by atoms with van der Waals surface area (Å²) in [4.78, 5) is 14.7. The van der Waals surface area contributed by atoms with Gasteiger partial charge in [0.25, 0.3) is 0 Å². The van der Waals surface area contributed by atoms with Crippen molar-refractivity contribution in [3.8, 4) is 33.8 Å². The number of benzene rings is 4. The fourth-order valence-corrected chi connectivity index (χ4v) is 8.40. The first kappa shape index (κ1) is 41.6. The van der Waals surface area contributed by atoms with E-state index in [2.05, 4.69) is 131 Å². The van der Waals surface area contributed by atoms with Crippen molar-refractivity contribution in [1.29, 1.82) is 0 Å². The van der Waals surface area contributed by atoms with Crippen LogP contribution in [0, 0.1) is 18.2 Å². The van der Waals surface area contributed by atoms with E-state index < -0.39 is 0 Å². The molecule has 3 heterocycles. The summed E-state index contributed by atoms with van der Waals surface area (Å²) in [5.74, 6) is 0. The van der Waals surface area contributed by atoms with Crippen molar-refractivity contribution in [1.82, 2.24) is 15.0 Å². The van der Waals surface area contributed by atoms with Gasteiger partial charge in [-0.3, -0.25) is 0 Å². The van der Waals surface area contributed by atoms with Crippen LogP contribution in [-0.4, -0.2) is 15.0 Å². The Morgan fingerprint density at radius 1 is 0.421 bits per heavy atom. The third-order valence-electron chi connectivity index (χ3n) is 12.1. The van der Waals surface area contributed by atoms with Crippen molar-refractivity contribution in [2.24, 2.45) is 0 Å². The van der Waals surface area contributed by atoms with E-state index in [0.29, 0.717) is 0 Å². The van der Waals surface area contributed by atoms with Gasteiger partial charge in [-0.25, -0.2) is 0 Å². The number of aryl methyl sites for hydroxylation is 2. The second kappa shape index (κ2) is 19.4. The van der Waals surface area contributed by atoms with E-state index in [1.165, 1.54) is 33.4 Å². The molecule has 0 radical (unpaired) electrons. The van der Waals surface area contributed by atoms with Crippen molar-refractivity contribution in [3.05, 3.63) is 198 Å². The van der Waals surface area contributed by atoms with E-state index in [-0.39, 0.29) is 30.9 Å². The number of nitrogens with zero attached hydrogens (tertiary/aromatic N) is 3. The molecule has 0 bridgehead atoms. The number of rotatable bonds is 16. The second-order valence-corrected chi connectivity index (χ2v) is 15.2. The minimum absolute atomic E-state index is 0. The molecule has 0 fully saturated rings. The standard InChI is InChI=1S/C53H52N3.Ir/c1-5-52(6-2,47-27-30-50(55-38-47)45-20-14-10-15-21-45)35-42-32-41(25-24-40-26-29-49(54-37-40)44-18-12-9-13-19-44)33-43(34-42)36-53(7-3,8-4)48-28-31-51(56-39-48)46-22-16-11-17-23-46;/h9-18,20,22,26-34,37-39H,5-8,24-25,35-36H2,1-4H3;/q-3;+3. The Morgan fingerprint density at radius 2 is 0.807 bits per heavy atom. The van der Waals surface area contributed by atoms with Gasteiger partial charge in [0.2, 0.25) is 0 Å². The molecule has 4 aromatic carbocycles. The van der Waals surface area contributed by atoms with Crippen LogP contribution in [0.3, 0.4) is 0 Å². The first-order valence-electron chi connectivity index (χ1n) is 20.4. The Kier molecular flexibility index (Phi) is 14.2. The summed E-state index contributed by atoms with van der Waals surface area (Å²) in [6, 6.07) is 54.9. The van der Waals surface area contributed by atoms with Crippen LogP contribution in [0.25, 0.3) is 33.8 Å². The predicted molar refractivity (Wildman–Crippen MR) is 231 cm³/mol. The molecule has 7 rings (SSSR count). The van der Waals surface area contributed by atoms with Crippen LogP contribution in [0.15, 0.2) is 146 Å². The Bertz CT molecular complexity index is 2140. The monoisotopic (exact) mass is 923 g/mol. The molecule has 0 aliphatic rings. The van der Waals surface area contributed by atoms with E-state index in [9.17, 15) is 0 Å². The maximum atomic E-state index is 4.96. The fourth-order valence-electron chi connectivity index (χ4n) is 8.40. The molecule has 0 unspecified atom stereocenters. The summed E-state index contributed by atoms with van der Waals surface area (Å²) in [7, 11) is 0. The molecule has 0 N–H and O–H groups in total. The van der Waals surface area contributed by atoms with Gasteiger partial charge in [-0.15, -0.1) is 108 Å². The van der Waals surface area contributed by atoms with Gasteiger partial charge in [-0.2, -0.15) is 0 Å². The maximum absolute atomic E-state index is 4.96. The summed E-state index contributed by atoms with van der Waals surface area (Å²) in [6.45, 7) is 9.33. The fraction of sp³-hybridized carbons (Fsp3) is 0.264. The third kappa shape index (κ3) is 9.75. The average Bonchev–Trinajstić information content (AvgIpc) is 3.28. The van der Waals surface area contributed by atoms with Gasteiger partial charge in [-0.1, -0.05) is 82.3 Å². The molecule has 3 aromatic heterocycles. The number of pyridine rings is 3. The summed E-state index contributed by atoms with van der Waals surface area (Å²) >= 11 is 0. The largest absolute Gasteiger partial charge is 3.00 e. The molecule has 0 aliphatic carbocycles. The maximum Gasteiger partial charge on any atom is 3.00 e. The van der Waals surface area contributed by atoms with Crippen LogP contribution >= 0.6 is 0 Å². The van der Waals surface area contributed by atoms with Gasteiger partial charge in [0, 0.05) is 29.4 Å². The van der Waals surface area contributed by atoms with E-state index in [1.54, 1.807) is 0 Å². The van der Waals surface area contributed by atoms with Crippen LogP contribution in [0.2, 0.25) is 0 Å². The van der Waals surface area contributed by atoms with E-state index in [1.807, 2.05) is 60.8 Å². The van der Waals surface area contributed by atoms with Crippen molar-refractivity contribution < 1.29 is 20.1 Å². The van der Waals surface area contributed by atoms with Gasteiger partial charge < -0.3 is 15.0 Å². The average molecular weight is 923 g/mol. The van der Waals surface area contributed by atoms with Crippen molar-refractivity contribution >= 4 is 0 Å². The van der Waals surface area contributed by atoms with Crippen molar-refractivity contribution in [2.45, 2.75) is 89.9 Å². The topological polar surface area (TPSA) is 38.7 Å². The van der Waals surface area contributed by atoms with Gasteiger partial charge in [0.05, 0.1) is 0 Å². The zero-order chi connectivity index (χ0) is 38.8.